The van der Waals surface area contributed by atoms with Gasteiger partial charge in [0.1, 0.15) is 11.3 Å². The van der Waals surface area contributed by atoms with Crippen molar-refractivity contribution in [3.05, 3.63) is 22.6 Å². The molecule has 1 N–H and O–H groups in total. The monoisotopic (exact) mass is 325 g/mol. The van der Waals surface area contributed by atoms with Gasteiger partial charge in [0.25, 0.3) is 0 Å². The van der Waals surface area contributed by atoms with Gasteiger partial charge < -0.3 is 9.67 Å². The molecule has 0 fully saturated rings. The third-order valence-electron chi connectivity index (χ3n) is 2.87. The molecule has 0 aliphatic carbocycles. The van der Waals surface area contributed by atoms with Crippen molar-refractivity contribution in [2.24, 2.45) is 0 Å². The van der Waals surface area contributed by atoms with Crippen LogP contribution in [0, 0.1) is 0 Å². The molecule has 2 heterocycles. The number of halogens is 1. The summed E-state index contributed by atoms with van der Waals surface area (Å²) in [6.45, 7) is 4.78. The number of imidazole rings is 1. The lowest BCUT2D eigenvalue weighted by molar-refractivity contribution is -0.137. The number of rotatable bonds is 5. The molecule has 0 aliphatic rings. The van der Waals surface area contributed by atoms with Crippen molar-refractivity contribution < 1.29 is 9.90 Å². The molecule has 19 heavy (non-hydrogen) atoms. The van der Waals surface area contributed by atoms with Gasteiger partial charge in [-0.25, -0.2) is 9.97 Å². The second-order valence-electron chi connectivity index (χ2n) is 4.77. The second-order valence-corrected chi connectivity index (χ2v) is 5.69. The fourth-order valence-electron chi connectivity index (χ4n) is 2.05. The number of aliphatic carboxylic acids is 1. The van der Waals surface area contributed by atoms with Gasteiger partial charge in [-0.05, 0) is 28.4 Å². The Labute approximate surface area is 119 Å². The summed E-state index contributed by atoms with van der Waals surface area (Å²) < 4.78 is 2.92. The van der Waals surface area contributed by atoms with E-state index >= 15 is 0 Å². The van der Waals surface area contributed by atoms with Crippen molar-refractivity contribution in [2.45, 2.75) is 39.2 Å². The fraction of sp³-hybridized carbons (Fsp3) is 0.462. The highest BCUT2D eigenvalue weighted by Crippen LogP contribution is 2.23. The minimum Gasteiger partial charge on any atom is -0.481 e. The van der Waals surface area contributed by atoms with Crippen LogP contribution in [0.1, 0.15) is 38.4 Å². The van der Waals surface area contributed by atoms with Gasteiger partial charge >= 0.3 is 5.97 Å². The summed E-state index contributed by atoms with van der Waals surface area (Å²) in [6, 6.07) is 1.93. The van der Waals surface area contributed by atoms with E-state index in [0.29, 0.717) is 13.0 Å². The first kappa shape index (κ1) is 14.0. The Bertz CT molecular complexity index is 607. The standard InChI is InChI=1S/C13H16BrN3O2/c1-8(2)12-16-10-6-9(14)7-15-13(10)17(12)5-3-4-11(18)19/h6-8H,3-5H2,1-2H3,(H,18,19). The maximum atomic E-state index is 10.6. The van der Waals surface area contributed by atoms with Gasteiger partial charge in [-0.3, -0.25) is 4.79 Å². The van der Waals surface area contributed by atoms with Crippen LogP contribution in [0.4, 0.5) is 0 Å². The van der Waals surface area contributed by atoms with Crippen molar-refractivity contribution in [2.75, 3.05) is 0 Å². The highest BCUT2D eigenvalue weighted by atomic mass is 79.9. The quantitative estimate of drug-likeness (QED) is 0.916. The van der Waals surface area contributed by atoms with Gasteiger partial charge in [-0.15, -0.1) is 0 Å². The van der Waals surface area contributed by atoms with Crippen molar-refractivity contribution in [3.63, 3.8) is 0 Å². The SMILES string of the molecule is CC(C)c1nc2cc(Br)cnc2n1CCCC(=O)O. The first-order valence-electron chi connectivity index (χ1n) is 6.22. The molecular formula is C13H16BrN3O2. The van der Waals surface area contributed by atoms with Crippen LogP contribution in [0.5, 0.6) is 0 Å². The molecule has 102 valence electrons. The summed E-state index contributed by atoms with van der Waals surface area (Å²) in [6.07, 6.45) is 2.48. The first-order valence-corrected chi connectivity index (χ1v) is 7.02. The molecule has 0 atom stereocenters. The van der Waals surface area contributed by atoms with Crippen LogP contribution in [-0.2, 0) is 11.3 Å². The van der Waals surface area contributed by atoms with E-state index in [4.69, 9.17) is 5.11 Å². The maximum absolute atomic E-state index is 10.6. The molecule has 0 spiro atoms. The first-order chi connectivity index (χ1) is 8.99. The number of hydrogen-bond acceptors (Lipinski definition) is 3. The lowest BCUT2D eigenvalue weighted by Crippen LogP contribution is -2.08. The number of carboxylic acid groups (broad SMARTS) is 1. The van der Waals surface area contributed by atoms with Gasteiger partial charge in [0.15, 0.2) is 5.65 Å². The van der Waals surface area contributed by atoms with Gasteiger partial charge in [-0.1, -0.05) is 13.8 Å². The summed E-state index contributed by atoms with van der Waals surface area (Å²) in [5, 5.41) is 8.72. The minimum atomic E-state index is -0.772. The smallest absolute Gasteiger partial charge is 0.303 e. The van der Waals surface area contributed by atoms with Crippen molar-refractivity contribution >= 4 is 33.1 Å². The second kappa shape index (κ2) is 5.69. The molecule has 0 unspecified atom stereocenters. The number of aryl methyl sites for hydroxylation is 1. The van der Waals surface area contributed by atoms with Crippen LogP contribution in [0.25, 0.3) is 11.2 Å². The number of carboxylic acids is 1. The highest BCUT2D eigenvalue weighted by Gasteiger charge is 2.15. The number of carbonyl (C=O) groups is 1. The van der Waals surface area contributed by atoms with E-state index in [9.17, 15) is 4.79 Å². The molecule has 0 saturated heterocycles. The molecule has 5 nitrogen and oxygen atoms in total. The Morgan fingerprint density at radius 2 is 2.26 bits per heavy atom. The van der Waals surface area contributed by atoms with Gasteiger partial charge in [0.2, 0.25) is 0 Å². The zero-order valence-corrected chi connectivity index (χ0v) is 12.5. The number of nitrogens with zero attached hydrogens (tertiary/aromatic N) is 3. The normalized spacial score (nSPS) is 11.4. The third kappa shape index (κ3) is 3.12. The molecule has 2 rings (SSSR count). The number of pyridine rings is 1. The molecule has 2 aromatic rings. The summed E-state index contributed by atoms with van der Waals surface area (Å²) in [7, 11) is 0. The molecule has 0 radical (unpaired) electrons. The van der Waals surface area contributed by atoms with Crippen LogP contribution >= 0.6 is 15.9 Å². The Balaban J connectivity index is 2.37. The molecule has 0 saturated carbocycles. The average Bonchev–Trinajstić information content (AvgIpc) is 2.67. The van der Waals surface area contributed by atoms with Crippen molar-refractivity contribution in [1.82, 2.24) is 14.5 Å². The third-order valence-corrected chi connectivity index (χ3v) is 3.30. The largest absolute Gasteiger partial charge is 0.481 e. The van der Waals surface area contributed by atoms with Crippen molar-refractivity contribution in [3.8, 4) is 0 Å². The zero-order valence-electron chi connectivity index (χ0n) is 10.9. The molecule has 0 aromatic carbocycles. The van der Waals surface area contributed by atoms with E-state index in [1.54, 1.807) is 6.20 Å². The number of fused-ring (bicyclic) bond motifs is 1. The minimum absolute atomic E-state index is 0.160. The predicted molar refractivity (Wildman–Crippen MR) is 76.2 cm³/mol. The van der Waals surface area contributed by atoms with Crippen LogP contribution in [0.15, 0.2) is 16.7 Å². The van der Waals surface area contributed by atoms with E-state index in [1.165, 1.54) is 0 Å². The molecule has 2 aromatic heterocycles. The zero-order chi connectivity index (χ0) is 14.0. The Kier molecular flexibility index (Phi) is 4.19. The Morgan fingerprint density at radius 1 is 1.53 bits per heavy atom. The Hall–Kier alpha value is -1.43. The van der Waals surface area contributed by atoms with Crippen LogP contribution < -0.4 is 0 Å². The maximum Gasteiger partial charge on any atom is 0.303 e. The summed E-state index contributed by atoms with van der Waals surface area (Å²) in [4.78, 5) is 19.6. The van der Waals surface area contributed by atoms with E-state index < -0.39 is 5.97 Å². The Morgan fingerprint density at radius 3 is 2.89 bits per heavy atom. The predicted octanol–water partition coefficient (Wildman–Crippen LogP) is 3.18. The van der Waals surface area contributed by atoms with Gasteiger partial charge in [0.05, 0.1) is 0 Å². The summed E-state index contributed by atoms with van der Waals surface area (Å²) in [5.41, 5.74) is 1.66. The van der Waals surface area contributed by atoms with Crippen LogP contribution in [0.3, 0.4) is 0 Å². The van der Waals surface area contributed by atoms with E-state index in [-0.39, 0.29) is 12.3 Å². The van der Waals surface area contributed by atoms with E-state index in [1.807, 2.05) is 10.6 Å². The average molecular weight is 326 g/mol. The van der Waals surface area contributed by atoms with Crippen molar-refractivity contribution in [1.29, 1.82) is 0 Å². The lowest BCUT2D eigenvalue weighted by atomic mass is 10.2. The van der Waals surface area contributed by atoms with E-state index in [0.717, 1.165) is 21.5 Å². The molecular weight excluding hydrogens is 310 g/mol. The summed E-state index contributed by atoms with van der Waals surface area (Å²) >= 11 is 3.39. The van der Waals surface area contributed by atoms with Gasteiger partial charge in [0, 0.05) is 29.6 Å². The van der Waals surface area contributed by atoms with Crippen LogP contribution in [-0.4, -0.2) is 25.6 Å². The molecule has 6 heteroatoms. The summed E-state index contributed by atoms with van der Waals surface area (Å²) in [5.74, 6) is 0.454. The van der Waals surface area contributed by atoms with Gasteiger partial charge in [-0.2, -0.15) is 0 Å². The number of hydrogen-bond donors (Lipinski definition) is 1. The van der Waals surface area contributed by atoms with Crippen LogP contribution in [0.2, 0.25) is 0 Å². The highest BCUT2D eigenvalue weighted by molar-refractivity contribution is 9.10. The molecule has 0 amide bonds. The lowest BCUT2D eigenvalue weighted by Gasteiger charge is -2.09. The molecule has 0 bridgehead atoms. The van der Waals surface area contributed by atoms with E-state index in [2.05, 4.69) is 39.7 Å². The topological polar surface area (TPSA) is 68.0 Å². The molecule has 0 aliphatic heterocycles. The number of aromatic nitrogens is 3. The fourth-order valence-corrected chi connectivity index (χ4v) is 2.37.